The summed E-state index contributed by atoms with van der Waals surface area (Å²) in [6.07, 6.45) is -0.0392. The molecule has 1 aromatic heterocycles. The number of amides is 2. The van der Waals surface area contributed by atoms with Crippen LogP contribution in [0.25, 0.3) is 10.6 Å². The third-order valence-corrected chi connectivity index (χ3v) is 4.87. The van der Waals surface area contributed by atoms with Gasteiger partial charge in [-0.15, -0.1) is 11.3 Å². The lowest BCUT2D eigenvalue weighted by Gasteiger charge is -2.07. The number of nitro benzene ring substituents is 1. The van der Waals surface area contributed by atoms with Gasteiger partial charge in [0.25, 0.3) is 11.6 Å². The molecule has 2 aromatic carbocycles. The normalized spacial score (nSPS) is 10.3. The van der Waals surface area contributed by atoms with Gasteiger partial charge in [0, 0.05) is 23.1 Å². The van der Waals surface area contributed by atoms with Crippen LogP contribution in [0.4, 0.5) is 5.69 Å². The largest absolute Gasteiger partial charge is 0.493 e. The minimum absolute atomic E-state index is 0.0392. The van der Waals surface area contributed by atoms with Gasteiger partial charge in [-0.2, -0.15) is 0 Å². The zero-order valence-electron chi connectivity index (χ0n) is 16.0. The van der Waals surface area contributed by atoms with E-state index in [4.69, 9.17) is 4.74 Å². The molecule has 0 aliphatic heterocycles. The number of hydrazine groups is 1. The van der Waals surface area contributed by atoms with Crippen LogP contribution in [-0.4, -0.2) is 28.3 Å². The Kier molecular flexibility index (Phi) is 6.71. The summed E-state index contributed by atoms with van der Waals surface area (Å²) in [5, 5.41) is 13.3. The van der Waals surface area contributed by atoms with Gasteiger partial charge in [-0.3, -0.25) is 30.6 Å². The van der Waals surface area contributed by atoms with Gasteiger partial charge in [-0.1, -0.05) is 18.2 Å². The topological polar surface area (TPSA) is 123 Å². The number of para-hydroxylation sites is 1. The van der Waals surface area contributed by atoms with Crippen molar-refractivity contribution in [3.8, 4) is 16.3 Å². The maximum Gasteiger partial charge on any atom is 0.270 e. The third-order valence-electron chi connectivity index (χ3n) is 3.95. The second-order valence-corrected chi connectivity index (χ2v) is 6.92. The van der Waals surface area contributed by atoms with Gasteiger partial charge in [0.15, 0.2) is 0 Å². The standard InChI is InChI=1S/C20H18N4O5S/c1-2-29-17-9-4-3-8-16(17)20-21-14(12-30-20)11-18(25)22-23-19(26)13-6-5-7-15(10-13)24(27)28/h3-10,12H,2,11H2,1H3,(H,22,25)(H,23,26). The van der Waals surface area contributed by atoms with Crippen molar-refractivity contribution < 1.29 is 19.2 Å². The maximum atomic E-state index is 12.1. The van der Waals surface area contributed by atoms with Crippen LogP contribution in [0, 0.1) is 10.1 Å². The number of nitrogens with one attached hydrogen (secondary N) is 2. The number of benzene rings is 2. The fraction of sp³-hybridized carbons (Fsp3) is 0.150. The monoisotopic (exact) mass is 426 g/mol. The van der Waals surface area contributed by atoms with E-state index in [1.807, 2.05) is 31.2 Å². The Balaban J connectivity index is 1.59. The highest BCUT2D eigenvalue weighted by molar-refractivity contribution is 7.13. The number of carbonyl (C=O) groups excluding carboxylic acids is 2. The number of nitro groups is 1. The summed E-state index contributed by atoms with van der Waals surface area (Å²) in [6, 6.07) is 12.7. The predicted octanol–water partition coefficient (Wildman–Crippen LogP) is 3.12. The summed E-state index contributed by atoms with van der Waals surface area (Å²) in [5.41, 5.74) is 5.77. The highest BCUT2D eigenvalue weighted by Crippen LogP contribution is 2.32. The number of carbonyl (C=O) groups is 2. The highest BCUT2D eigenvalue weighted by atomic mass is 32.1. The Morgan fingerprint density at radius 2 is 1.97 bits per heavy atom. The molecule has 0 aliphatic rings. The van der Waals surface area contributed by atoms with Crippen LogP contribution in [0.5, 0.6) is 5.75 Å². The molecule has 3 rings (SSSR count). The lowest BCUT2D eigenvalue weighted by Crippen LogP contribution is -2.42. The van der Waals surface area contributed by atoms with Crippen molar-refractivity contribution in [2.24, 2.45) is 0 Å². The second-order valence-electron chi connectivity index (χ2n) is 6.06. The average molecular weight is 426 g/mol. The molecule has 9 nitrogen and oxygen atoms in total. The molecular weight excluding hydrogens is 408 g/mol. The first-order valence-electron chi connectivity index (χ1n) is 8.98. The van der Waals surface area contributed by atoms with Gasteiger partial charge in [-0.05, 0) is 25.1 Å². The number of aromatic nitrogens is 1. The van der Waals surface area contributed by atoms with E-state index in [2.05, 4.69) is 15.8 Å². The van der Waals surface area contributed by atoms with Crippen LogP contribution in [0.3, 0.4) is 0 Å². The molecule has 0 radical (unpaired) electrons. The first kappa shape index (κ1) is 20.9. The van der Waals surface area contributed by atoms with E-state index in [1.165, 1.54) is 29.5 Å². The lowest BCUT2D eigenvalue weighted by atomic mass is 10.2. The van der Waals surface area contributed by atoms with E-state index in [1.54, 1.807) is 5.38 Å². The molecule has 0 bridgehead atoms. The average Bonchev–Trinajstić information content (AvgIpc) is 3.21. The molecule has 0 unspecified atom stereocenters. The second kappa shape index (κ2) is 9.61. The number of rotatable bonds is 7. The van der Waals surface area contributed by atoms with Gasteiger partial charge in [-0.25, -0.2) is 4.98 Å². The van der Waals surface area contributed by atoms with Crippen molar-refractivity contribution in [1.29, 1.82) is 0 Å². The molecule has 10 heteroatoms. The predicted molar refractivity (Wildman–Crippen MR) is 111 cm³/mol. The minimum atomic E-state index is -0.656. The van der Waals surface area contributed by atoms with Crippen LogP contribution in [-0.2, 0) is 11.2 Å². The van der Waals surface area contributed by atoms with Crippen molar-refractivity contribution in [3.63, 3.8) is 0 Å². The van der Waals surface area contributed by atoms with Crippen LogP contribution in [0.15, 0.2) is 53.9 Å². The zero-order valence-corrected chi connectivity index (χ0v) is 16.8. The molecule has 0 fully saturated rings. The minimum Gasteiger partial charge on any atom is -0.493 e. The Hall–Kier alpha value is -3.79. The Morgan fingerprint density at radius 3 is 2.73 bits per heavy atom. The van der Waals surface area contributed by atoms with Gasteiger partial charge < -0.3 is 4.74 Å². The quantitative estimate of drug-likeness (QED) is 0.442. The molecule has 3 aromatic rings. The fourth-order valence-electron chi connectivity index (χ4n) is 2.60. The van der Waals surface area contributed by atoms with Crippen molar-refractivity contribution >= 4 is 28.8 Å². The highest BCUT2D eigenvalue weighted by Gasteiger charge is 2.14. The Labute approximate surface area is 175 Å². The molecule has 0 spiro atoms. The summed E-state index contributed by atoms with van der Waals surface area (Å²) in [7, 11) is 0. The van der Waals surface area contributed by atoms with E-state index in [-0.39, 0.29) is 17.7 Å². The molecule has 2 amide bonds. The van der Waals surface area contributed by atoms with Crippen LogP contribution >= 0.6 is 11.3 Å². The van der Waals surface area contributed by atoms with E-state index in [0.29, 0.717) is 12.3 Å². The number of nitrogens with zero attached hydrogens (tertiary/aromatic N) is 2. The first-order valence-corrected chi connectivity index (χ1v) is 9.86. The summed E-state index contributed by atoms with van der Waals surface area (Å²) < 4.78 is 5.61. The molecule has 0 saturated carbocycles. The summed E-state index contributed by atoms with van der Waals surface area (Å²) >= 11 is 1.39. The molecule has 30 heavy (non-hydrogen) atoms. The summed E-state index contributed by atoms with van der Waals surface area (Å²) in [4.78, 5) is 38.9. The van der Waals surface area contributed by atoms with E-state index in [0.717, 1.165) is 22.4 Å². The molecule has 2 N–H and O–H groups in total. The number of hydrogen-bond acceptors (Lipinski definition) is 7. The van der Waals surface area contributed by atoms with Crippen molar-refractivity contribution in [2.75, 3.05) is 6.61 Å². The number of ether oxygens (including phenoxy) is 1. The van der Waals surface area contributed by atoms with Crippen LogP contribution in [0.2, 0.25) is 0 Å². The van der Waals surface area contributed by atoms with Crippen LogP contribution in [0.1, 0.15) is 23.0 Å². The SMILES string of the molecule is CCOc1ccccc1-c1nc(CC(=O)NNC(=O)c2cccc([N+](=O)[O-])c2)cs1. The lowest BCUT2D eigenvalue weighted by molar-refractivity contribution is -0.384. The molecule has 0 atom stereocenters. The number of non-ortho nitro benzene ring substituents is 1. The van der Waals surface area contributed by atoms with Gasteiger partial charge in [0.05, 0.1) is 29.2 Å². The summed E-state index contributed by atoms with van der Waals surface area (Å²) in [5.74, 6) is -0.407. The van der Waals surface area contributed by atoms with E-state index in [9.17, 15) is 19.7 Å². The molecule has 154 valence electrons. The smallest absolute Gasteiger partial charge is 0.270 e. The van der Waals surface area contributed by atoms with Gasteiger partial charge in [0.1, 0.15) is 10.8 Å². The summed E-state index contributed by atoms with van der Waals surface area (Å²) in [6.45, 7) is 2.43. The van der Waals surface area contributed by atoms with Crippen LogP contribution < -0.4 is 15.6 Å². The van der Waals surface area contributed by atoms with Gasteiger partial charge in [0.2, 0.25) is 5.91 Å². The first-order chi connectivity index (χ1) is 14.5. The fourth-order valence-corrected chi connectivity index (χ4v) is 3.45. The molecule has 0 saturated heterocycles. The molecular formula is C20H18N4O5S. The van der Waals surface area contributed by atoms with Crippen molar-refractivity contribution in [2.45, 2.75) is 13.3 Å². The Morgan fingerprint density at radius 1 is 1.17 bits per heavy atom. The van der Waals surface area contributed by atoms with Gasteiger partial charge >= 0.3 is 0 Å². The zero-order chi connectivity index (χ0) is 21.5. The number of hydrogen-bond donors (Lipinski definition) is 2. The van der Waals surface area contributed by atoms with E-state index >= 15 is 0 Å². The third kappa shape index (κ3) is 5.17. The number of thiazole rings is 1. The van der Waals surface area contributed by atoms with Crippen molar-refractivity contribution in [3.05, 3.63) is 75.3 Å². The van der Waals surface area contributed by atoms with Crippen molar-refractivity contribution in [1.82, 2.24) is 15.8 Å². The maximum absolute atomic E-state index is 12.1. The Bertz CT molecular complexity index is 1080. The molecule has 1 heterocycles. The molecule has 0 aliphatic carbocycles. The van der Waals surface area contributed by atoms with E-state index < -0.39 is 16.7 Å².